The Bertz CT molecular complexity index is 511. The van der Waals surface area contributed by atoms with E-state index in [1.165, 1.54) is 14.0 Å². The van der Waals surface area contributed by atoms with E-state index in [-0.39, 0.29) is 24.7 Å². The van der Waals surface area contributed by atoms with Gasteiger partial charge in [0.2, 0.25) is 0 Å². The smallest absolute Gasteiger partial charge is 0.327 e. The van der Waals surface area contributed by atoms with Crippen LogP contribution in [0.1, 0.15) is 25.5 Å². The summed E-state index contributed by atoms with van der Waals surface area (Å²) in [5.74, 6) is -3.10. The van der Waals surface area contributed by atoms with Gasteiger partial charge in [-0.25, -0.2) is 13.6 Å². The molecule has 5 nitrogen and oxygen atoms in total. The number of esters is 1. The van der Waals surface area contributed by atoms with Crippen LogP contribution in [-0.4, -0.2) is 32.0 Å². The van der Waals surface area contributed by atoms with Crippen molar-refractivity contribution in [3.8, 4) is 5.75 Å². The van der Waals surface area contributed by atoms with Gasteiger partial charge in [0.15, 0.2) is 5.78 Å². The van der Waals surface area contributed by atoms with Crippen LogP contribution < -0.4 is 10.1 Å². The number of rotatable bonds is 7. The Kier molecular flexibility index (Phi) is 6.23. The van der Waals surface area contributed by atoms with Crippen LogP contribution in [0.4, 0.5) is 8.78 Å². The molecule has 1 aromatic rings. The van der Waals surface area contributed by atoms with Crippen molar-refractivity contribution in [3.05, 3.63) is 29.3 Å². The van der Waals surface area contributed by atoms with E-state index in [9.17, 15) is 18.4 Å². The minimum absolute atomic E-state index is 0.0973. The van der Waals surface area contributed by atoms with Gasteiger partial charge in [-0.1, -0.05) is 0 Å². The highest BCUT2D eigenvalue weighted by Crippen LogP contribution is 2.26. The molecule has 0 bridgehead atoms. The normalized spacial score (nSPS) is 11.9. The van der Waals surface area contributed by atoms with Crippen LogP contribution in [0.15, 0.2) is 12.1 Å². The molecule has 0 aliphatic carbocycles. The van der Waals surface area contributed by atoms with E-state index in [4.69, 9.17) is 9.47 Å². The molecule has 0 saturated carbocycles. The number of carbonyl (C=O) groups is 2. The monoisotopic (exact) mass is 301 g/mol. The number of carbonyl (C=O) groups excluding carboxylic acids is 2. The fraction of sp³-hybridized carbons (Fsp3) is 0.429. The number of halogens is 2. The lowest BCUT2D eigenvalue weighted by Crippen LogP contribution is -2.29. The molecule has 0 aromatic heterocycles. The molecule has 0 aliphatic heterocycles. The van der Waals surface area contributed by atoms with Gasteiger partial charge >= 0.3 is 5.97 Å². The first-order valence-corrected chi connectivity index (χ1v) is 6.35. The summed E-state index contributed by atoms with van der Waals surface area (Å²) in [7, 11) is 1.39. The quantitative estimate of drug-likeness (QED) is 0.777. The van der Waals surface area contributed by atoms with E-state index >= 15 is 0 Å². The summed E-state index contributed by atoms with van der Waals surface area (Å²) in [5.41, 5.74) is -0.453. The zero-order valence-corrected chi connectivity index (χ0v) is 12.0. The fourth-order valence-electron chi connectivity index (χ4n) is 1.71. The Balaban J connectivity index is 3.07. The molecule has 0 fully saturated rings. The molecule has 1 aromatic carbocycles. The molecule has 1 N–H and O–H groups in total. The van der Waals surface area contributed by atoms with Crippen molar-refractivity contribution in [2.45, 2.75) is 19.9 Å². The molecule has 0 spiro atoms. The fourth-order valence-corrected chi connectivity index (χ4v) is 1.71. The predicted molar refractivity (Wildman–Crippen MR) is 71.0 cm³/mol. The van der Waals surface area contributed by atoms with Crippen molar-refractivity contribution in [3.63, 3.8) is 0 Å². The molecule has 0 heterocycles. The van der Waals surface area contributed by atoms with Crippen LogP contribution in [0, 0.1) is 11.6 Å². The average molecular weight is 301 g/mol. The zero-order chi connectivity index (χ0) is 16.0. The van der Waals surface area contributed by atoms with E-state index in [2.05, 4.69) is 5.32 Å². The largest absolute Gasteiger partial charge is 0.486 e. The molecule has 0 radical (unpaired) electrons. The van der Waals surface area contributed by atoms with Gasteiger partial charge in [-0.3, -0.25) is 4.79 Å². The summed E-state index contributed by atoms with van der Waals surface area (Å²) < 4.78 is 37.7. The van der Waals surface area contributed by atoms with Crippen LogP contribution in [0.25, 0.3) is 0 Å². The highest BCUT2D eigenvalue weighted by Gasteiger charge is 2.27. The van der Waals surface area contributed by atoms with Crippen LogP contribution in [0.3, 0.4) is 0 Å². The van der Waals surface area contributed by atoms with Crippen molar-refractivity contribution in [2.24, 2.45) is 0 Å². The summed E-state index contributed by atoms with van der Waals surface area (Å²) >= 11 is 0. The molecular weight excluding hydrogens is 284 g/mol. The number of nitrogens with one attached hydrogen (secondary N) is 1. The number of ketones is 1. The Morgan fingerprint density at radius 2 is 1.86 bits per heavy atom. The highest BCUT2D eigenvalue weighted by atomic mass is 19.1. The van der Waals surface area contributed by atoms with Gasteiger partial charge in [-0.05, 0) is 20.9 Å². The zero-order valence-electron chi connectivity index (χ0n) is 12.0. The summed E-state index contributed by atoms with van der Waals surface area (Å²) in [6.45, 7) is 2.69. The third-order valence-electron chi connectivity index (χ3n) is 2.59. The predicted octanol–water partition coefficient (Wildman–Crippen LogP) is 1.76. The number of hydrogen-bond donors (Lipinski definition) is 1. The third-order valence-corrected chi connectivity index (χ3v) is 2.59. The molecule has 0 aliphatic rings. The number of benzene rings is 1. The minimum Gasteiger partial charge on any atom is -0.486 e. The molecule has 21 heavy (non-hydrogen) atoms. The maximum atomic E-state index is 14.0. The van der Waals surface area contributed by atoms with Crippen molar-refractivity contribution in [2.75, 3.05) is 20.3 Å². The number of likely N-dealkylation sites (N-methyl/N-ethyl adjacent to an activating group) is 1. The van der Waals surface area contributed by atoms with Gasteiger partial charge in [0.25, 0.3) is 0 Å². The Morgan fingerprint density at radius 1 is 1.29 bits per heavy atom. The molecule has 1 rings (SSSR count). The number of ether oxygens (including phenoxy) is 2. The molecule has 116 valence electrons. The molecule has 1 atom stereocenters. The Morgan fingerprint density at radius 3 is 2.29 bits per heavy atom. The van der Waals surface area contributed by atoms with Gasteiger partial charge in [0.05, 0.1) is 12.2 Å². The van der Waals surface area contributed by atoms with E-state index in [1.807, 2.05) is 0 Å². The molecular formula is C14H17F2NO4. The first kappa shape index (κ1) is 17.0. The average Bonchev–Trinajstić information content (AvgIpc) is 2.40. The first-order valence-electron chi connectivity index (χ1n) is 6.35. The van der Waals surface area contributed by atoms with Gasteiger partial charge < -0.3 is 14.8 Å². The molecule has 0 amide bonds. The topological polar surface area (TPSA) is 64.6 Å². The van der Waals surface area contributed by atoms with Gasteiger partial charge in [0.1, 0.15) is 30.0 Å². The maximum Gasteiger partial charge on any atom is 0.327 e. The van der Waals surface area contributed by atoms with E-state index < -0.39 is 29.2 Å². The summed E-state index contributed by atoms with van der Waals surface area (Å²) in [6.07, 6.45) is 0. The van der Waals surface area contributed by atoms with Crippen molar-refractivity contribution < 1.29 is 27.8 Å². The number of Topliss-reactive ketones (excluding diaryl/α,β-unsaturated/α-hetero) is 1. The maximum absolute atomic E-state index is 14.0. The second-order valence-corrected chi connectivity index (χ2v) is 4.27. The highest BCUT2D eigenvalue weighted by molar-refractivity contribution is 5.78. The standard InChI is InChI=1S/C14H17F2NO4/c1-4-20-14(19)13(17-3)12-10(15)5-9(6-11(12)16)21-7-8(2)18/h5-6,13,17H,4,7H2,1-3H3. The Labute approximate surface area is 121 Å². The van der Waals surface area contributed by atoms with Gasteiger partial charge in [-0.2, -0.15) is 0 Å². The van der Waals surface area contributed by atoms with Crippen LogP contribution in [0.5, 0.6) is 5.75 Å². The summed E-state index contributed by atoms with van der Waals surface area (Å²) in [6, 6.07) is 0.586. The van der Waals surface area contributed by atoms with Crippen molar-refractivity contribution in [1.29, 1.82) is 0 Å². The van der Waals surface area contributed by atoms with E-state index in [0.717, 1.165) is 12.1 Å². The number of hydrogen-bond acceptors (Lipinski definition) is 5. The lowest BCUT2D eigenvalue weighted by molar-refractivity contribution is -0.145. The lowest BCUT2D eigenvalue weighted by Gasteiger charge is -2.17. The first-order chi connectivity index (χ1) is 9.90. The van der Waals surface area contributed by atoms with Gasteiger partial charge in [-0.15, -0.1) is 0 Å². The lowest BCUT2D eigenvalue weighted by atomic mass is 10.1. The Hall–Kier alpha value is -2.02. The van der Waals surface area contributed by atoms with Gasteiger partial charge in [0, 0.05) is 12.1 Å². The summed E-state index contributed by atoms with van der Waals surface area (Å²) in [5, 5.41) is 2.50. The van der Waals surface area contributed by atoms with Crippen molar-refractivity contribution in [1.82, 2.24) is 5.32 Å². The van der Waals surface area contributed by atoms with Crippen LogP contribution >= 0.6 is 0 Å². The SMILES string of the molecule is CCOC(=O)C(NC)c1c(F)cc(OCC(C)=O)cc1F. The second kappa shape index (κ2) is 7.68. The minimum atomic E-state index is -1.26. The summed E-state index contributed by atoms with van der Waals surface area (Å²) in [4.78, 5) is 22.5. The second-order valence-electron chi connectivity index (χ2n) is 4.27. The van der Waals surface area contributed by atoms with E-state index in [1.54, 1.807) is 6.92 Å². The molecule has 7 heteroatoms. The van der Waals surface area contributed by atoms with Crippen molar-refractivity contribution >= 4 is 11.8 Å². The molecule has 0 saturated heterocycles. The molecule has 1 unspecified atom stereocenters. The van der Waals surface area contributed by atoms with Crippen LogP contribution in [0.2, 0.25) is 0 Å². The van der Waals surface area contributed by atoms with Crippen LogP contribution in [-0.2, 0) is 14.3 Å². The third kappa shape index (κ3) is 4.49. The van der Waals surface area contributed by atoms with E-state index in [0.29, 0.717) is 0 Å².